The number of fused-ring (bicyclic) bond motifs is 1. The highest BCUT2D eigenvalue weighted by Crippen LogP contribution is 2.25. The van der Waals surface area contributed by atoms with Crippen LogP contribution in [-0.2, 0) is 12.0 Å². The van der Waals surface area contributed by atoms with Gasteiger partial charge in [-0.3, -0.25) is 9.56 Å². The molecule has 0 bridgehead atoms. The quantitative estimate of drug-likeness (QED) is 0.317. The van der Waals surface area contributed by atoms with E-state index in [0.717, 1.165) is 11.1 Å². The van der Waals surface area contributed by atoms with Gasteiger partial charge in [-0.25, -0.2) is 4.79 Å². The van der Waals surface area contributed by atoms with Gasteiger partial charge in [0.25, 0.3) is 0 Å². The van der Waals surface area contributed by atoms with Crippen molar-refractivity contribution in [1.82, 2.24) is 19.9 Å². The van der Waals surface area contributed by atoms with Crippen LogP contribution in [0.3, 0.4) is 0 Å². The molecule has 0 aliphatic carbocycles. The molecule has 178 valence electrons. The molecule has 3 rings (SSSR count). The van der Waals surface area contributed by atoms with Crippen LogP contribution in [0, 0.1) is 0 Å². The number of aliphatic imine (C=N–C) groups is 1. The van der Waals surface area contributed by atoms with E-state index in [1.807, 2.05) is 6.07 Å². The summed E-state index contributed by atoms with van der Waals surface area (Å²) >= 11 is 0. The lowest BCUT2D eigenvalue weighted by Crippen LogP contribution is -2.42. The highest BCUT2D eigenvalue weighted by molar-refractivity contribution is 5.76. The van der Waals surface area contributed by atoms with E-state index < -0.39 is 17.9 Å². The summed E-state index contributed by atoms with van der Waals surface area (Å²) in [5, 5.41) is 3.29. The Morgan fingerprint density at radius 3 is 2.45 bits per heavy atom. The molecule has 1 unspecified atom stereocenters. The summed E-state index contributed by atoms with van der Waals surface area (Å²) in [5.74, 6) is -0.247. The lowest BCUT2D eigenvalue weighted by molar-refractivity contribution is -0.157. The predicted octanol–water partition coefficient (Wildman–Crippen LogP) is 2.70. The summed E-state index contributed by atoms with van der Waals surface area (Å²) < 4.78 is 41.2. The maximum atomic E-state index is 13.3. The number of alkyl halides is 3. The first-order valence-electron chi connectivity index (χ1n) is 10.4. The Morgan fingerprint density at radius 1 is 1.21 bits per heavy atom. The molecule has 3 aromatic rings. The third-order valence-electron chi connectivity index (χ3n) is 5.19. The number of aromatic nitrogens is 3. The molecular weight excluding hydrogens is 435 g/mol. The molecule has 2 aromatic heterocycles. The first-order valence-corrected chi connectivity index (χ1v) is 10.4. The van der Waals surface area contributed by atoms with Crippen molar-refractivity contribution in [1.29, 1.82) is 0 Å². The van der Waals surface area contributed by atoms with Crippen molar-refractivity contribution in [2.75, 3.05) is 6.54 Å². The smallest absolute Gasteiger partial charge is 0.370 e. The maximum absolute atomic E-state index is 13.3. The summed E-state index contributed by atoms with van der Waals surface area (Å²) in [6, 6.07) is 6.88. The summed E-state index contributed by atoms with van der Waals surface area (Å²) in [4.78, 5) is 23.4. The van der Waals surface area contributed by atoms with Crippen molar-refractivity contribution >= 4 is 17.0 Å². The van der Waals surface area contributed by atoms with Crippen molar-refractivity contribution in [3.63, 3.8) is 0 Å². The molecule has 0 spiro atoms. The van der Waals surface area contributed by atoms with Crippen molar-refractivity contribution in [3.8, 4) is 5.69 Å². The third-order valence-corrected chi connectivity index (χ3v) is 5.19. The molecule has 0 amide bonds. The van der Waals surface area contributed by atoms with Gasteiger partial charge in [-0.05, 0) is 30.2 Å². The zero-order chi connectivity index (χ0) is 24.4. The number of hydrogen-bond donors (Lipinski definition) is 4. The van der Waals surface area contributed by atoms with Crippen LogP contribution in [0.5, 0.6) is 0 Å². The second kappa shape index (κ2) is 9.26. The van der Waals surface area contributed by atoms with Gasteiger partial charge in [-0.2, -0.15) is 18.2 Å². The standard InChI is InChI=1S/C22H28F3N7O/c1-21(2,3)17-10-14-12-32(20(33)31-18(14)30-17)15-6-4-13(5-7-15)11-29-16(22(23,24)25)8-9-28-19(26)27/h4-7,10,12,16,29H,8-9,11H2,1-3H3,(H4,26,27,28)(H,30,31,33). The largest absolute Gasteiger partial charge is 0.403 e. The van der Waals surface area contributed by atoms with E-state index in [1.54, 1.807) is 30.5 Å². The molecule has 0 fully saturated rings. The fraction of sp³-hybridized carbons (Fsp3) is 0.409. The molecule has 1 atom stereocenters. The molecule has 33 heavy (non-hydrogen) atoms. The fourth-order valence-electron chi connectivity index (χ4n) is 3.30. The van der Waals surface area contributed by atoms with Gasteiger partial charge in [0.2, 0.25) is 0 Å². The highest BCUT2D eigenvalue weighted by Gasteiger charge is 2.38. The van der Waals surface area contributed by atoms with Crippen LogP contribution >= 0.6 is 0 Å². The van der Waals surface area contributed by atoms with Crippen molar-refractivity contribution in [2.45, 2.75) is 51.4 Å². The molecule has 11 heteroatoms. The van der Waals surface area contributed by atoms with Crippen molar-refractivity contribution in [3.05, 3.63) is 58.3 Å². The topological polar surface area (TPSA) is 127 Å². The first kappa shape index (κ1) is 24.3. The molecular formula is C22H28F3N7O. The number of benzene rings is 1. The summed E-state index contributed by atoms with van der Waals surface area (Å²) in [7, 11) is 0. The van der Waals surface area contributed by atoms with Gasteiger partial charge in [0.1, 0.15) is 11.7 Å². The van der Waals surface area contributed by atoms with Crippen LogP contribution in [0.1, 0.15) is 38.4 Å². The van der Waals surface area contributed by atoms with Gasteiger partial charge >= 0.3 is 11.9 Å². The zero-order valence-corrected chi connectivity index (χ0v) is 18.7. The molecule has 6 N–H and O–H groups in total. The second-order valence-electron chi connectivity index (χ2n) is 8.87. The Balaban J connectivity index is 1.75. The lowest BCUT2D eigenvalue weighted by atomic mass is 9.92. The molecule has 0 aliphatic heterocycles. The number of rotatable bonds is 7. The van der Waals surface area contributed by atoms with Crippen LogP contribution in [0.2, 0.25) is 0 Å². The van der Waals surface area contributed by atoms with E-state index >= 15 is 0 Å². The number of nitrogens with one attached hydrogen (secondary N) is 2. The number of nitrogens with two attached hydrogens (primary N) is 2. The van der Waals surface area contributed by atoms with E-state index in [9.17, 15) is 18.0 Å². The summed E-state index contributed by atoms with van der Waals surface area (Å²) in [5.41, 5.74) is 12.4. The minimum absolute atomic E-state index is 0.00872. The number of H-pyrrole nitrogens is 1. The number of aromatic amines is 1. The Hall–Kier alpha value is -3.34. The number of halogens is 3. The van der Waals surface area contributed by atoms with E-state index in [-0.39, 0.29) is 30.9 Å². The third kappa shape index (κ3) is 6.13. The van der Waals surface area contributed by atoms with Gasteiger partial charge in [-0.15, -0.1) is 0 Å². The summed E-state index contributed by atoms with van der Waals surface area (Å²) in [6.45, 7) is 6.03. The van der Waals surface area contributed by atoms with Crippen LogP contribution in [0.15, 0.2) is 46.3 Å². The van der Waals surface area contributed by atoms with Gasteiger partial charge in [0, 0.05) is 35.8 Å². The van der Waals surface area contributed by atoms with Gasteiger partial charge in [-0.1, -0.05) is 32.9 Å². The molecule has 1 aromatic carbocycles. The first-order chi connectivity index (χ1) is 15.3. The Morgan fingerprint density at radius 2 is 1.88 bits per heavy atom. The Labute approximate surface area is 188 Å². The number of nitrogens with zero attached hydrogens (tertiary/aromatic N) is 3. The minimum atomic E-state index is -4.43. The van der Waals surface area contributed by atoms with Gasteiger partial charge in [0.05, 0.1) is 5.69 Å². The molecule has 0 radical (unpaired) electrons. The lowest BCUT2D eigenvalue weighted by Gasteiger charge is -2.21. The number of hydrogen-bond acceptors (Lipinski definition) is 4. The van der Waals surface area contributed by atoms with Crippen molar-refractivity contribution in [2.24, 2.45) is 16.5 Å². The van der Waals surface area contributed by atoms with E-state index in [0.29, 0.717) is 16.9 Å². The molecule has 0 saturated carbocycles. The highest BCUT2D eigenvalue weighted by atomic mass is 19.4. The molecule has 2 heterocycles. The summed E-state index contributed by atoms with van der Waals surface area (Å²) in [6.07, 6.45) is -3.02. The van der Waals surface area contributed by atoms with E-state index in [1.165, 1.54) is 4.57 Å². The average molecular weight is 464 g/mol. The molecule has 0 aliphatic rings. The monoisotopic (exact) mass is 463 g/mol. The number of guanidine groups is 1. The minimum Gasteiger partial charge on any atom is -0.370 e. The van der Waals surface area contributed by atoms with Crippen LogP contribution in [0.25, 0.3) is 16.7 Å². The fourth-order valence-corrected chi connectivity index (χ4v) is 3.30. The molecule has 8 nitrogen and oxygen atoms in total. The van der Waals surface area contributed by atoms with E-state index in [2.05, 4.69) is 41.0 Å². The van der Waals surface area contributed by atoms with Crippen LogP contribution in [-0.4, -0.2) is 39.3 Å². The zero-order valence-electron chi connectivity index (χ0n) is 18.7. The Kier molecular flexibility index (Phi) is 6.82. The normalized spacial score (nSPS) is 13.3. The van der Waals surface area contributed by atoms with Crippen LogP contribution in [0.4, 0.5) is 13.2 Å². The van der Waals surface area contributed by atoms with Crippen LogP contribution < -0.4 is 22.5 Å². The van der Waals surface area contributed by atoms with Crippen molar-refractivity contribution < 1.29 is 13.2 Å². The second-order valence-corrected chi connectivity index (χ2v) is 8.87. The predicted molar refractivity (Wildman–Crippen MR) is 122 cm³/mol. The van der Waals surface area contributed by atoms with Gasteiger partial charge in [0.15, 0.2) is 5.96 Å². The average Bonchev–Trinajstić information content (AvgIpc) is 3.12. The van der Waals surface area contributed by atoms with E-state index in [4.69, 9.17) is 11.5 Å². The molecule has 0 saturated heterocycles. The van der Waals surface area contributed by atoms with Gasteiger partial charge < -0.3 is 21.8 Å². The maximum Gasteiger partial charge on any atom is 0.403 e. The Bertz CT molecular complexity index is 1180. The SMILES string of the molecule is CC(C)(C)c1cc2cn(-c3ccc(CNC(CCN=C(N)N)C(F)(F)F)cc3)c(=O)nc2[nH]1.